The molecular weight excluding hydrogens is 304 g/mol. The SMILES string of the molecule is Cc1cc(C(=O)NC[C@H]2CC[C@@H](Oc3ccccc3)[C@@H]2O)c(C)[nH]1. The molecule has 5 heteroatoms. The first-order valence-electron chi connectivity index (χ1n) is 8.39. The highest BCUT2D eigenvalue weighted by atomic mass is 16.5. The first-order chi connectivity index (χ1) is 11.5. The Balaban J connectivity index is 1.53. The predicted molar refractivity (Wildman–Crippen MR) is 92.2 cm³/mol. The summed E-state index contributed by atoms with van der Waals surface area (Å²) in [5.74, 6) is 0.684. The Hall–Kier alpha value is -2.27. The molecule has 0 aliphatic heterocycles. The predicted octanol–water partition coefficient (Wildman–Crippen LogP) is 2.58. The molecule has 24 heavy (non-hydrogen) atoms. The third kappa shape index (κ3) is 3.62. The lowest BCUT2D eigenvalue weighted by Gasteiger charge is -2.21. The van der Waals surface area contributed by atoms with Crippen LogP contribution >= 0.6 is 0 Å². The third-order valence-electron chi connectivity index (χ3n) is 4.64. The standard InChI is InChI=1S/C19H24N2O3/c1-12-10-16(13(2)21-12)19(23)20-11-14-8-9-17(18(14)22)24-15-6-4-3-5-7-15/h3-7,10,14,17-18,21-22H,8-9,11H2,1-2H3,(H,20,23)/t14-,17-,18-/m1/s1. The normalized spacial score (nSPS) is 23.2. The summed E-state index contributed by atoms with van der Waals surface area (Å²) in [6, 6.07) is 11.4. The molecule has 0 saturated heterocycles. The summed E-state index contributed by atoms with van der Waals surface area (Å²) in [7, 11) is 0. The number of H-pyrrole nitrogens is 1. The zero-order chi connectivity index (χ0) is 17.1. The van der Waals surface area contributed by atoms with E-state index in [1.165, 1.54) is 0 Å². The van der Waals surface area contributed by atoms with E-state index in [2.05, 4.69) is 10.3 Å². The Labute approximate surface area is 142 Å². The van der Waals surface area contributed by atoms with Crippen molar-refractivity contribution in [3.8, 4) is 5.75 Å². The topological polar surface area (TPSA) is 74.3 Å². The van der Waals surface area contributed by atoms with Crippen LogP contribution in [0.4, 0.5) is 0 Å². The second-order valence-corrected chi connectivity index (χ2v) is 6.50. The monoisotopic (exact) mass is 328 g/mol. The van der Waals surface area contributed by atoms with Crippen LogP contribution in [0, 0.1) is 19.8 Å². The number of para-hydroxylation sites is 1. The van der Waals surface area contributed by atoms with Gasteiger partial charge in [0, 0.05) is 23.9 Å². The van der Waals surface area contributed by atoms with Crippen LogP contribution in [0.5, 0.6) is 5.75 Å². The van der Waals surface area contributed by atoms with Gasteiger partial charge in [-0.2, -0.15) is 0 Å². The minimum absolute atomic E-state index is 0.0167. The zero-order valence-electron chi connectivity index (χ0n) is 14.1. The fourth-order valence-electron chi connectivity index (χ4n) is 3.33. The molecule has 0 radical (unpaired) electrons. The van der Waals surface area contributed by atoms with Gasteiger partial charge in [0.05, 0.1) is 11.7 Å². The lowest BCUT2D eigenvalue weighted by molar-refractivity contribution is 0.0348. The van der Waals surface area contributed by atoms with Gasteiger partial charge in [-0.3, -0.25) is 4.79 Å². The van der Waals surface area contributed by atoms with Crippen molar-refractivity contribution >= 4 is 5.91 Å². The molecule has 1 amide bonds. The maximum Gasteiger partial charge on any atom is 0.253 e. The third-order valence-corrected chi connectivity index (χ3v) is 4.64. The molecule has 2 aromatic rings. The zero-order valence-corrected chi connectivity index (χ0v) is 14.1. The second-order valence-electron chi connectivity index (χ2n) is 6.50. The van der Waals surface area contributed by atoms with Gasteiger partial charge < -0.3 is 20.1 Å². The molecule has 1 heterocycles. The van der Waals surface area contributed by atoms with Crippen molar-refractivity contribution in [3.05, 3.63) is 53.3 Å². The van der Waals surface area contributed by atoms with Crippen molar-refractivity contribution in [2.24, 2.45) is 5.92 Å². The maximum atomic E-state index is 12.3. The molecule has 1 aliphatic carbocycles. The number of aliphatic hydroxyl groups is 1. The molecule has 128 valence electrons. The highest BCUT2D eigenvalue weighted by Gasteiger charge is 2.36. The highest BCUT2D eigenvalue weighted by molar-refractivity contribution is 5.95. The Bertz CT molecular complexity index is 696. The van der Waals surface area contributed by atoms with E-state index in [9.17, 15) is 9.90 Å². The number of carbonyl (C=O) groups is 1. The van der Waals surface area contributed by atoms with E-state index in [0.717, 1.165) is 30.0 Å². The maximum absolute atomic E-state index is 12.3. The van der Waals surface area contributed by atoms with E-state index >= 15 is 0 Å². The molecule has 3 rings (SSSR count). The summed E-state index contributed by atoms with van der Waals surface area (Å²) < 4.78 is 5.86. The summed E-state index contributed by atoms with van der Waals surface area (Å²) in [6.45, 7) is 4.27. The van der Waals surface area contributed by atoms with Gasteiger partial charge in [0.15, 0.2) is 0 Å². The van der Waals surface area contributed by atoms with Crippen LogP contribution in [0.3, 0.4) is 0 Å². The van der Waals surface area contributed by atoms with Crippen LogP contribution in [-0.2, 0) is 0 Å². The lowest BCUT2D eigenvalue weighted by atomic mass is 10.1. The van der Waals surface area contributed by atoms with E-state index in [4.69, 9.17) is 4.74 Å². The first-order valence-corrected chi connectivity index (χ1v) is 8.39. The summed E-state index contributed by atoms with van der Waals surface area (Å²) in [5.41, 5.74) is 2.49. The molecule has 3 N–H and O–H groups in total. The van der Waals surface area contributed by atoms with Crippen LogP contribution in [0.1, 0.15) is 34.6 Å². The van der Waals surface area contributed by atoms with Crippen molar-refractivity contribution in [3.63, 3.8) is 0 Å². The number of benzene rings is 1. The van der Waals surface area contributed by atoms with Crippen molar-refractivity contribution in [1.29, 1.82) is 0 Å². The first kappa shape index (κ1) is 16.6. The van der Waals surface area contributed by atoms with Gasteiger partial charge in [0.1, 0.15) is 11.9 Å². The van der Waals surface area contributed by atoms with Crippen molar-refractivity contribution in [1.82, 2.24) is 10.3 Å². The number of nitrogens with one attached hydrogen (secondary N) is 2. The molecule has 1 fully saturated rings. The number of aromatic amines is 1. The molecule has 1 aromatic carbocycles. The smallest absolute Gasteiger partial charge is 0.253 e. The lowest BCUT2D eigenvalue weighted by Crippen LogP contribution is -2.37. The van der Waals surface area contributed by atoms with Crippen LogP contribution in [0.25, 0.3) is 0 Å². The number of amides is 1. The van der Waals surface area contributed by atoms with E-state index in [0.29, 0.717) is 12.1 Å². The summed E-state index contributed by atoms with van der Waals surface area (Å²) >= 11 is 0. The Morgan fingerprint density at radius 3 is 2.71 bits per heavy atom. The number of aliphatic hydroxyl groups excluding tert-OH is 1. The molecular formula is C19H24N2O3. The summed E-state index contributed by atoms with van der Waals surface area (Å²) in [4.78, 5) is 15.4. The minimum atomic E-state index is -0.570. The van der Waals surface area contributed by atoms with E-state index in [1.807, 2.05) is 50.2 Å². The molecule has 0 spiro atoms. The van der Waals surface area contributed by atoms with Gasteiger partial charge in [-0.05, 0) is 44.9 Å². The minimum Gasteiger partial charge on any atom is -0.488 e. The number of hydrogen-bond acceptors (Lipinski definition) is 3. The van der Waals surface area contributed by atoms with Crippen molar-refractivity contribution in [2.75, 3.05) is 6.54 Å². The molecule has 0 unspecified atom stereocenters. The number of carbonyl (C=O) groups excluding carboxylic acids is 1. The van der Waals surface area contributed by atoms with Gasteiger partial charge in [-0.1, -0.05) is 18.2 Å². The Morgan fingerprint density at radius 1 is 1.29 bits per heavy atom. The number of aromatic nitrogens is 1. The number of aryl methyl sites for hydroxylation is 2. The molecule has 3 atom stereocenters. The Kier molecular flexibility index (Phi) is 4.90. The van der Waals surface area contributed by atoms with Crippen LogP contribution in [0.15, 0.2) is 36.4 Å². The molecule has 1 aromatic heterocycles. The number of hydrogen-bond donors (Lipinski definition) is 3. The summed E-state index contributed by atoms with van der Waals surface area (Å²) in [5, 5.41) is 13.4. The van der Waals surface area contributed by atoms with Crippen molar-refractivity contribution < 1.29 is 14.6 Å². The molecule has 1 aliphatic rings. The van der Waals surface area contributed by atoms with Gasteiger partial charge in [0.2, 0.25) is 0 Å². The Morgan fingerprint density at radius 2 is 2.04 bits per heavy atom. The highest BCUT2D eigenvalue weighted by Crippen LogP contribution is 2.29. The fraction of sp³-hybridized carbons (Fsp3) is 0.421. The fourth-order valence-corrected chi connectivity index (χ4v) is 3.33. The van der Waals surface area contributed by atoms with Crippen LogP contribution in [-0.4, -0.2) is 34.8 Å². The largest absolute Gasteiger partial charge is 0.488 e. The van der Waals surface area contributed by atoms with Gasteiger partial charge in [0.25, 0.3) is 5.91 Å². The van der Waals surface area contributed by atoms with Crippen LogP contribution < -0.4 is 10.1 Å². The van der Waals surface area contributed by atoms with Gasteiger partial charge in [-0.15, -0.1) is 0 Å². The van der Waals surface area contributed by atoms with Crippen molar-refractivity contribution in [2.45, 2.75) is 38.9 Å². The average Bonchev–Trinajstić information content (AvgIpc) is 3.09. The number of ether oxygens (including phenoxy) is 1. The molecule has 5 nitrogen and oxygen atoms in total. The van der Waals surface area contributed by atoms with E-state index in [1.54, 1.807) is 0 Å². The van der Waals surface area contributed by atoms with Gasteiger partial charge in [-0.25, -0.2) is 0 Å². The van der Waals surface area contributed by atoms with E-state index in [-0.39, 0.29) is 17.9 Å². The van der Waals surface area contributed by atoms with Crippen LogP contribution in [0.2, 0.25) is 0 Å². The second kappa shape index (κ2) is 7.09. The number of rotatable bonds is 5. The molecule has 1 saturated carbocycles. The summed E-state index contributed by atoms with van der Waals surface area (Å²) in [6.07, 6.45) is 0.841. The quantitative estimate of drug-likeness (QED) is 0.790. The average molecular weight is 328 g/mol. The van der Waals surface area contributed by atoms with E-state index < -0.39 is 6.10 Å². The molecule has 0 bridgehead atoms. The van der Waals surface area contributed by atoms with Gasteiger partial charge >= 0.3 is 0 Å².